The summed E-state index contributed by atoms with van der Waals surface area (Å²) in [5.74, 6) is 1.15. The molecule has 1 aromatic carbocycles. The molecule has 9 heteroatoms. The van der Waals surface area contributed by atoms with E-state index in [2.05, 4.69) is 25.4 Å². The van der Waals surface area contributed by atoms with E-state index >= 15 is 0 Å². The van der Waals surface area contributed by atoms with Crippen molar-refractivity contribution < 1.29 is 9.59 Å². The third kappa shape index (κ3) is 4.40. The summed E-state index contributed by atoms with van der Waals surface area (Å²) >= 11 is 0. The number of rotatable bonds is 5. The number of carbonyl (C=O) groups excluding carboxylic acids is 2. The van der Waals surface area contributed by atoms with Gasteiger partial charge in [-0.2, -0.15) is 0 Å². The van der Waals surface area contributed by atoms with Gasteiger partial charge in [0.1, 0.15) is 6.33 Å². The quantitative estimate of drug-likeness (QED) is 0.689. The van der Waals surface area contributed by atoms with Crippen LogP contribution in [0.2, 0.25) is 0 Å². The van der Waals surface area contributed by atoms with Gasteiger partial charge in [0.15, 0.2) is 11.6 Å². The number of anilines is 1. The summed E-state index contributed by atoms with van der Waals surface area (Å²) < 4.78 is 1.79. The van der Waals surface area contributed by atoms with Crippen LogP contribution in [0.5, 0.6) is 0 Å². The van der Waals surface area contributed by atoms with Crippen molar-refractivity contribution in [3.05, 3.63) is 66.7 Å². The highest BCUT2D eigenvalue weighted by atomic mass is 16.2. The first-order valence-corrected chi connectivity index (χ1v) is 9.39. The average Bonchev–Trinajstić information content (AvgIpc) is 3.33. The third-order valence-corrected chi connectivity index (χ3v) is 4.80. The molecule has 3 heterocycles. The van der Waals surface area contributed by atoms with Gasteiger partial charge < -0.3 is 15.1 Å². The van der Waals surface area contributed by atoms with Crippen molar-refractivity contribution >= 4 is 17.6 Å². The summed E-state index contributed by atoms with van der Waals surface area (Å²) in [6.45, 7) is 2.47. The highest BCUT2D eigenvalue weighted by Crippen LogP contribution is 2.14. The standard InChI is InChI=1S/C20H21N7O2/c28-19(14-22-20(29)16-4-2-1-3-5-16)26-12-10-25(11-13-26)17-6-7-18(24-23-17)27-9-8-21-15-27/h1-9,15H,10-14H2,(H,22,29). The van der Waals surface area contributed by atoms with E-state index < -0.39 is 0 Å². The van der Waals surface area contributed by atoms with Gasteiger partial charge in [-0.15, -0.1) is 10.2 Å². The zero-order valence-electron chi connectivity index (χ0n) is 15.8. The average molecular weight is 391 g/mol. The van der Waals surface area contributed by atoms with Crippen molar-refractivity contribution in [2.24, 2.45) is 0 Å². The lowest BCUT2D eigenvalue weighted by atomic mass is 10.2. The lowest BCUT2D eigenvalue weighted by molar-refractivity contribution is -0.130. The maximum Gasteiger partial charge on any atom is 0.251 e. The van der Waals surface area contributed by atoms with Crippen LogP contribution in [-0.2, 0) is 4.79 Å². The number of imidazole rings is 1. The fraction of sp³-hybridized carbons (Fsp3) is 0.250. The van der Waals surface area contributed by atoms with Crippen LogP contribution >= 0.6 is 0 Å². The molecule has 0 bridgehead atoms. The molecule has 2 aromatic heterocycles. The second kappa shape index (κ2) is 8.51. The monoisotopic (exact) mass is 391 g/mol. The number of amides is 2. The molecule has 148 valence electrons. The molecule has 0 unspecified atom stereocenters. The van der Waals surface area contributed by atoms with Crippen LogP contribution in [0.4, 0.5) is 5.82 Å². The zero-order valence-corrected chi connectivity index (χ0v) is 15.8. The highest BCUT2D eigenvalue weighted by Gasteiger charge is 2.22. The van der Waals surface area contributed by atoms with Gasteiger partial charge in [-0.05, 0) is 24.3 Å². The Bertz CT molecular complexity index is 950. The first-order valence-electron chi connectivity index (χ1n) is 9.39. The molecule has 4 rings (SSSR count). The molecule has 0 saturated carbocycles. The Labute approximate surface area is 168 Å². The molecule has 2 amide bonds. The molecular formula is C20H21N7O2. The second-order valence-corrected chi connectivity index (χ2v) is 6.64. The van der Waals surface area contributed by atoms with Crippen LogP contribution in [0.3, 0.4) is 0 Å². The van der Waals surface area contributed by atoms with Crippen LogP contribution in [0.15, 0.2) is 61.2 Å². The minimum Gasteiger partial charge on any atom is -0.352 e. The molecule has 29 heavy (non-hydrogen) atoms. The smallest absolute Gasteiger partial charge is 0.251 e. The van der Waals surface area contributed by atoms with Crippen molar-refractivity contribution in [1.82, 2.24) is 30.0 Å². The van der Waals surface area contributed by atoms with Crippen LogP contribution in [0, 0.1) is 0 Å². The van der Waals surface area contributed by atoms with E-state index in [1.54, 1.807) is 46.3 Å². The summed E-state index contributed by atoms with van der Waals surface area (Å²) in [6, 6.07) is 12.7. The zero-order chi connectivity index (χ0) is 20.1. The minimum atomic E-state index is -0.245. The molecule has 9 nitrogen and oxygen atoms in total. The molecule has 0 spiro atoms. The van der Waals surface area contributed by atoms with Crippen molar-refractivity contribution in [3.63, 3.8) is 0 Å². The fourth-order valence-electron chi connectivity index (χ4n) is 3.16. The Kier molecular flexibility index (Phi) is 5.46. The molecule has 0 atom stereocenters. The molecule has 1 aliphatic rings. The largest absolute Gasteiger partial charge is 0.352 e. The van der Waals surface area contributed by atoms with E-state index in [9.17, 15) is 9.59 Å². The van der Waals surface area contributed by atoms with Gasteiger partial charge in [0.25, 0.3) is 5.91 Å². The van der Waals surface area contributed by atoms with Crippen LogP contribution in [-0.4, -0.2) is 69.2 Å². The maximum atomic E-state index is 12.4. The molecule has 1 N–H and O–H groups in total. The van der Waals surface area contributed by atoms with Crippen LogP contribution < -0.4 is 10.2 Å². The Morgan fingerprint density at radius 2 is 1.66 bits per heavy atom. The number of piperazine rings is 1. The van der Waals surface area contributed by atoms with Gasteiger partial charge in [0.05, 0.1) is 6.54 Å². The number of hydrogen-bond donors (Lipinski definition) is 1. The number of carbonyl (C=O) groups is 2. The van der Waals surface area contributed by atoms with Crippen LogP contribution in [0.1, 0.15) is 10.4 Å². The first-order chi connectivity index (χ1) is 14.2. The van der Waals surface area contributed by atoms with E-state index in [-0.39, 0.29) is 18.4 Å². The van der Waals surface area contributed by atoms with E-state index in [1.165, 1.54) is 0 Å². The number of nitrogens with zero attached hydrogens (tertiary/aromatic N) is 6. The Balaban J connectivity index is 1.26. The predicted molar refractivity (Wildman–Crippen MR) is 107 cm³/mol. The molecular weight excluding hydrogens is 370 g/mol. The van der Waals surface area contributed by atoms with E-state index in [1.807, 2.05) is 24.4 Å². The second-order valence-electron chi connectivity index (χ2n) is 6.64. The van der Waals surface area contributed by atoms with Gasteiger partial charge in [-0.3, -0.25) is 14.2 Å². The van der Waals surface area contributed by atoms with Crippen molar-refractivity contribution in [2.45, 2.75) is 0 Å². The summed E-state index contributed by atoms with van der Waals surface area (Å²) in [5, 5.41) is 11.2. The number of nitrogens with one attached hydrogen (secondary N) is 1. The first kappa shape index (κ1) is 18.6. The minimum absolute atomic E-state index is 0.00681. The lowest BCUT2D eigenvalue weighted by Crippen LogP contribution is -2.51. The molecule has 1 fully saturated rings. The topological polar surface area (TPSA) is 96.2 Å². The van der Waals surface area contributed by atoms with Crippen LogP contribution in [0.25, 0.3) is 5.82 Å². The van der Waals surface area contributed by atoms with Crippen molar-refractivity contribution in [3.8, 4) is 5.82 Å². The van der Waals surface area contributed by atoms with Gasteiger partial charge >= 0.3 is 0 Å². The molecule has 1 saturated heterocycles. The lowest BCUT2D eigenvalue weighted by Gasteiger charge is -2.35. The van der Waals surface area contributed by atoms with Gasteiger partial charge in [-0.1, -0.05) is 18.2 Å². The predicted octanol–water partition coefficient (Wildman–Crippen LogP) is 0.741. The fourth-order valence-corrected chi connectivity index (χ4v) is 3.16. The van der Waals surface area contributed by atoms with Gasteiger partial charge in [0, 0.05) is 44.1 Å². The maximum absolute atomic E-state index is 12.4. The summed E-state index contributed by atoms with van der Waals surface area (Å²) in [4.78, 5) is 32.3. The van der Waals surface area contributed by atoms with E-state index in [4.69, 9.17) is 0 Å². The van der Waals surface area contributed by atoms with Crippen molar-refractivity contribution in [2.75, 3.05) is 37.6 Å². The van der Waals surface area contributed by atoms with E-state index in [0.717, 1.165) is 5.82 Å². The normalized spacial score (nSPS) is 13.9. The summed E-state index contributed by atoms with van der Waals surface area (Å²) in [5.41, 5.74) is 0.544. The Morgan fingerprint density at radius 3 is 2.31 bits per heavy atom. The Hall–Kier alpha value is -3.75. The van der Waals surface area contributed by atoms with E-state index in [0.29, 0.717) is 37.6 Å². The number of aromatic nitrogens is 4. The molecule has 3 aromatic rings. The Morgan fingerprint density at radius 1 is 0.931 bits per heavy atom. The molecule has 0 radical (unpaired) electrons. The SMILES string of the molecule is O=C(NCC(=O)N1CCN(c2ccc(-n3ccnc3)nn2)CC1)c1ccccc1. The van der Waals surface area contributed by atoms with Crippen molar-refractivity contribution in [1.29, 1.82) is 0 Å². The molecule has 1 aliphatic heterocycles. The van der Waals surface area contributed by atoms with Gasteiger partial charge in [-0.25, -0.2) is 4.98 Å². The van der Waals surface area contributed by atoms with Gasteiger partial charge in [0.2, 0.25) is 5.91 Å². The summed E-state index contributed by atoms with van der Waals surface area (Å²) in [7, 11) is 0. The number of benzene rings is 1. The summed E-state index contributed by atoms with van der Waals surface area (Å²) in [6.07, 6.45) is 5.17. The highest BCUT2D eigenvalue weighted by molar-refractivity contribution is 5.96. The molecule has 0 aliphatic carbocycles. The third-order valence-electron chi connectivity index (χ3n) is 4.80. The number of hydrogen-bond acceptors (Lipinski definition) is 6.